The average Bonchev–Trinajstić information content (AvgIpc) is 2.66. The summed E-state index contributed by atoms with van der Waals surface area (Å²) < 4.78 is 1.58. The van der Waals surface area contributed by atoms with Gasteiger partial charge in [0.1, 0.15) is 6.54 Å². The molecule has 22 heavy (non-hydrogen) atoms. The van der Waals surface area contributed by atoms with E-state index in [9.17, 15) is 9.59 Å². The first-order valence-electron chi connectivity index (χ1n) is 8.17. The summed E-state index contributed by atoms with van der Waals surface area (Å²) in [5.41, 5.74) is 7.03. The summed E-state index contributed by atoms with van der Waals surface area (Å²) in [7, 11) is 0. The molecule has 2 bridgehead atoms. The zero-order valence-corrected chi connectivity index (χ0v) is 14.1. The van der Waals surface area contributed by atoms with Crippen molar-refractivity contribution in [1.82, 2.24) is 9.88 Å². The Labute approximate surface area is 134 Å². The maximum Gasteiger partial charge on any atom is 0.308 e. The number of nitrogens with one attached hydrogen (secondary N) is 1. The molecule has 0 aromatic carbocycles. The number of hydrogen-bond donors (Lipinski definition) is 2. The number of hydrogen-bond acceptors (Lipinski definition) is 4. The van der Waals surface area contributed by atoms with Crippen LogP contribution in [0, 0.1) is 25.7 Å². The molecular formula is C16H25N3O2S. The van der Waals surface area contributed by atoms with Crippen LogP contribution in [0.3, 0.4) is 0 Å². The fourth-order valence-electron chi connectivity index (χ4n) is 4.17. The van der Waals surface area contributed by atoms with Gasteiger partial charge in [-0.05, 0) is 51.4 Å². The number of fused-ring (bicyclic) bond motifs is 2. The molecule has 2 fully saturated rings. The Morgan fingerprint density at radius 2 is 1.95 bits per heavy atom. The van der Waals surface area contributed by atoms with E-state index < -0.39 is 0 Å². The van der Waals surface area contributed by atoms with Gasteiger partial charge in [-0.2, -0.15) is 0 Å². The predicted molar refractivity (Wildman–Crippen MR) is 88.0 cm³/mol. The fraction of sp³-hybridized carbons (Fsp3) is 0.750. The first-order valence-corrected chi connectivity index (χ1v) is 8.99. The average molecular weight is 323 g/mol. The number of nitrogens with zero attached hydrogens (tertiary/aromatic N) is 1. The summed E-state index contributed by atoms with van der Waals surface area (Å²) >= 11 is 1.21. The molecule has 1 amide bonds. The van der Waals surface area contributed by atoms with Crippen LogP contribution in [-0.2, 0) is 11.3 Å². The third kappa shape index (κ3) is 2.99. The number of nitrogens with two attached hydrogens (primary N) is 1. The quantitative estimate of drug-likeness (QED) is 0.886. The molecule has 1 heterocycles. The van der Waals surface area contributed by atoms with Crippen molar-refractivity contribution in [2.24, 2.45) is 17.6 Å². The van der Waals surface area contributed by atoms with Crippen molar-refractivity contribution >= 4 is 17.2 Å². The van der Waals surface area contributed by atoms with Gasteiger partial charge in [0.05, 0.1) is 0 Å². The lowest BCUT2D eigenvalue weighted by molar-refractivity contribution is -0.124. The van der Waals surface area contributed by atoms with Gasteiger partial charge in [0.15, 0.2) is 0 Å². The maximum atomic E-state index is 12.4. The number of aromatic nitrogens is 1. The Balaban J connectivity index is 1.68. The second kappa shape index (κ2) is 6.16. The van der Waals surface area contributed by atoms with Crippen LogP contribution in [0.4, 0.5) is 0 Å². The maximum absolute atomic E-state index is 12.4. The summed E-state index contributed by atoms with van der Waals surface area (Å²) in [5, 5.41) is 3.20. The van der Waals surface area contributed by atoms with Crippen molar-refractivity contribution in [3.05, 3.63) is 20.2 Å². The zero-order valence-electron chi connectivity index (χ0n) is 13.3. The Hall–Kier alpha value is -1.14. The second-order valence-electron chi connectivity index (χ2n) is 6.87. The second-order valence-corrected chi connectivity index (χ2v) is 8.04. The van der Waals surface area contributed by atoms with Crippen LogP contribution in [0.15, 0.2) is 4.79 Å². The Kier molecular flexibility index (Phi) is 4.41. The van der Waals surface area contributed by atoms with E-state index in [4.69, 9.17) is 5.73 Å². The first-order chi connectivity index (χ1) is 10.5. The van der Waals surface area contributed by atoms with Gasteiger partial charge in [-0.15, -0.1) is 0 Å². The van der Waals surface area contributed by atoms with Gasteiger partial charge < -0.3 is 11.1 Å². The van der Waals surface area contributed by atoms with Crippen LogP contribution < -0.4 is 15.9 Å². The standard InChI is InChI=1S/C16H25N3O2S/c1-9-10(2)22-16(21)19(9)8-14(20)18-15-11-4-3-5-12(15)7-13(17)6-11/h11-13,15H,3-8,17H2,1-2H3,(H,18,20). The molecule has 2 aliphatic carbocycles. The molecule has 0 saturated heterocycles. The first kappa shape index (κ1) is 15.7. The molecule has 2 saturated carbocycles. The molecule has 1 aromatic heterocycles. The highest BCUT2D eigenvalue weighted by atomic mass is 32.1. The van der Waals surface area contributed by atoms with Gasteiger partial charge in [0.25, 0.3) is 0 Å². The highest BCUT2D eigenvalue weighted by Gasteiger charge is 2.39. The van der Waals surface area contributed by atoms with Crippen molar-refractivity contribution in [3.8, 4) is 0 Å². The summed E-state index contributed by atoms with van der Waals surface area (Å²) in [6, 6.07) is 0.532. The van der Waals surface area contributed by atoms with Gasteiger partial charge in [0.2, 0.25) is 5.91 Å². The molecule has 122 valence electrons. The van der Waals surface area contributed by atoms with Crippen molar-refractivity contribution in [2.75, 3.05) is 0 Å². The van der Waals surface area contributed by atoms with Gasteiger partial charge >= 0.3 is 4.87 Å². The van der Waals surface area contributed by atoms with Gasteiger partial charge in [-0.25, -0.2) is 0 Å². The van der Waals surface area contributed by atoms with Crippen LogP contribution in [0.1, 0.15) is 42.7 Å². The van der Waals surface area contributed by atoms with Gasteiger partial charge in [-0.1, -0.05) is 17.8 Å². The summed E-state index contributed by atoms with van der Waals surface area (Å²) in [5.74, 6) is 0.974. The molecule has 2 atom stereocenters. The van der Waals surface area contributed by atoms with E-state index in [0.717, 1.165) is 36.3 Å². The number of amides is 1. The largest absolute Gasteiger partial charge is 0.351 e. The zero-order chi connectivity index (χ0) is 15.9. The molecule has 2 aliphatic rings. The van der Waals surface area contributed by atoms with Crippen molar-refractivity contribution in [1.29, 1.82) is 0 Å². The van der Waals surface area contributed by atoms with Crippen LogP contribution >= 0.6 is 11.3 Å². The van der Waals surface area contributed by atoms with E-state index in [1.807, 2.05) is 13.8 Å². The van der Waals surface area contributed by atoms with E-state index in [-0.39, 0.29) is 29.4 Å². The third-order valence-corrected chi connectivity index (χ3v) is 6.38. The van der Waals surface area contributed by atoms with E-state index in [1.165, 1.54) is 17.8 Å². The lowest BCUT2D eigenvalue weighted by Gasteiger charge is -2.45. The van der Waals surface area contributed by atoms with Crippen LogP contribution in [0.25, 0.3) is 0 Å². The van der Waals surface area contributed by atoms with Crippen LogP contribution in [0.2, 0.25) is 0 Å². The van der Waals surface area contributed by atoms with Gasteiger partial charge in [0, 0.05) is 22.7 Å². The summed E-state index contributed by atoms with van der Waals surface area (Å²) in [4.78, 5) is 25.3. The van der Waals surface area contributed by atoms with Crippen LogP contribution in [-0.4, -0.2) is 22.6 Å². The minimum atomic E-state index is -0.0454. The van der Waals surface area contributed by atoms with Crippen molar-refractivity contribution < 1.29 is 4.79 Å². The number of carbonyl (C=O) groups excluding carboxylic acids is 1. The fourth-order valence-corrected chi connectivity index (χ4v) is 5.00. The summed E-state index contributed by atoms with van der Waals surface area (Å²) in [6.45, 7) is 3.95. The number of thiazole rings is 1. The van der Waals surface area contributed by atoms with E-state index in [2.05, 4.69) is 5.32 Å². The number of rotatable bonds is 3. The molecule has 6 heteroatoms. The number of carbonyl (C=O) groups is 1. The highest BCUT2D eigenvalue weighted by molar-refractivity contribution is 7.09. The van der Waals surface area contributed by atoms with E-state index in [0.29, 0.717) is 11.8 Å². The van der Waals surface area contributed by atoms with Crippen molar-refractivity contribution in [2.45, 2.75) is 64.6 Å². The Bertz CT molecular complexity index is 607. The molecule has 0 radical (unpaired) electrons. The minimum Gasteiger partial charge on any atom is -0.351 e. The SMILES string of the molecule is Cc1sc(=O)n(CC(=O)NC2C3CCCC2CC(N)C3)c1C. The molecular weight excluding hydrogens is 298 g/mol. The molecule has 3 rings (SSSR count). The normalized spacial score (nSPS) is 31.0. The lowest BCUT2D eigenvalue weighted by atomic mass is 9.67. The molecule has 2 unspecified atom stereocenters. The molecule has 3 N–H and O–H groups in total. The summed E-state index contributed by atoms with van der Waals surface area (Å²) in [6.07, 6.45) is 5.59. The molecule has 1 aromatic rings. The van der Waals surface area contributed by atoms with E-state index in [1.54, 1.807) is 4.57 Å². The third-order valence-electron chi connectivity index (χ3n) is 5.38. The smallest absolute Gasteiger partial charge is 0.308 e. The van der Waals surface area contributed by atoms with Gasteiger partial charge in [-0.3, -0.25) is 14.2 Å². The number of aryl methyl sites for hydroxylation is 1. The molecule has 5 nitrogen and oxygen atoms in total. The highest BCUT2D eigenvalue weighted by Crippen LogP contribution is 2.39. The lowest BCUT2D eigenvalue weighted by Crippen LogP contribution is -2.54. The Morgan fingerprint density at radius 3 is 2.50 bits per heavy atom. The van der Waals surface area contributed by atoms with Crippen LogP contribution in [0.5, 0.6) is 0 Å². The van der Waals surface area contributed by atoms with Crippen molar-refractivity contribution in [3.63, 3.8) is 0 Å². The Morgan fingerprint density at radius 1 is 1.32 bits per heavy atom. The monoisotopic (exact) mass is 323 g/mol. The molecule has 0 spiro atoms. The minimum absolute atomic E-state index is 0.0413. The predicted octanol–water partition coefficient (Wildman–Crippen LogP) is 1.55. The van der Waals surface area contributed by atoms with E-state index >= 15 is 0 Å². The topological polar surface area (TPSA) is 77.1 Å². The molecule has 0 aliphatic heterocycles.